The van der Waals surface area contributed by atoms with Crippen LogP contribution in [0.1, 0.15) is 162 Å². The van der Waals surface area contributed by atoms with Gasteiger partial charge in [0.15, 0.2) is 0 Å². The Labute approximate surface area is 254 Å². The van der Waals surface area contributed by atoms with Crippen LogP contribution in [0.15, 0.2) is 0 Å². The minimum absolute atomic E-state index is 0.239. The number of hydrogen-bond acceptors (Lipinski definition) is 7. The Balaban J connectivity index is 4.31. The minimum atomic E-state index is -4.09. The standard InChI is InChI=1S/C29H61O5PS4/c1-4-7-9-11-13-15-17-19-21-23-26-36-38(35-34-39(31,32)33-28-29(30)25-6-3)37-27-24-22-20-18-16-14-12-10-8-5-2/h29-30H,4-28H2,1-3H3. The van der Waals surface area contributed by atoms with Crippen LogP contribution in [-0.4, -0.2) is 37.7 Å². The second kappa shape index (κ2) is 30.6. The van der Waals surface area contributed by atoms with Crippen molar-refractivity contribution in [3.63, 3.8) is 0 Å². The van der Waals surface area contributed by atoms with Crippen molar-refractivity contribution in [1.29, 1.82) is 0 Å². The fourth-order valence-corrected chi connectivity index (χ4v) is 14.7. The summed E-state index contributed by atoms with van der Waals surface area (Å²) in [7, 11) is -0.232. The lowest BCUT2D eigenvalue weighted by atomic mass is 10.1. The van der Waals surface area contributed by atoms with Gasteiger partial charge >= 0.3 is 10.4 Å². The molecule has 1 unspecified atom stereocenters. The van der Waals surface area contributed by atoms with E-state index in [4.69, 9.17) is 8.15 Å². The molecule has 39 heavy (non-hydrogen) atoms. The maximum Gasteiger partial charge on any atom is 0.408 e. The summed E-state index contributed by atoms with van der Waals surface area (Å²) >= 11 is 0. The highest BCUT2D eigenvalue weighted by atomic mass is 33.6. The Morgan fingerprint density at radius 3 is 1.41 bits per heavy atom. The van der Waals surface area contributed by atoms with Crippen molar-refractivity contribution in [1.82, 2.24) is 0 Å². The Hall–Kier alpha value is 1.18. The van der Waals surface area contributed by atoms with Crippen LogP contribution in [0.3, 0.4) is 0 Å². The summed E-state index contributed by atoms with van der Waals surface area (Å²) in [6, 6.07) is 0. The maximum atomic E-state index is 12.2. The van der Waals surface area contributed by atoms with E-state index >= 15 is 0 Å². The lowest BCUT2D eigenvalue weighted by Crippen LogP contribution is -2.18. The van der Waals surface area contributed by atoms with Crippen molar-refractivity contribution in [2.24, 2.45) is 0 Å². The first-order valence-electron chi connectivity index (χ1n) is 15.9. The first kappa shape index (κ1) is 40.2. The van der Waals surface area contributed by atoms with E-state index < -0.39 is 16.5 Å². The molecule has 1 atom stereocenters. The summed E-state index contributed by atoms with van der Waals surface area (Å²) in [6.07, 6.45) is 26.9. The Morgan fingerprint density at radius 2 is 1.03 bits per heavy atom. The van der Waals surface area contributed by atoms with Crippen LogP contribution in [0.2, 0.25) is 0 Å². The van der Waals surface area contributed by atoms with Gasteiger partial charge in [0, 0.05) is 11.5 Å². The highest BCUT2D eigenvalue weighted by Crippen LogP contribution is 2.34. The molecular formula is C29H61O5PS4. The molecule has 0 bridgehead atoms. The number of aliphatic hydroxyl groups is 1. The SMILES string of the molecule is CCCCCCCCCCCCSS(=POS(=O)(=O)OCC(O)CCC)SCCCCCCCCCCCC. The summed E-state index contributed by atoms with van der Waals surface area (Å²) in [5.41, 5.74) is 0. The molecule has 0 aromatic heterocycles. The molecule has 0 rings (SSSR count). The van der Waals surface area contributed by atoms with Crippen LogP contribution < -0.4 is 0 Å². The number of aliphatic hydroxyl groups excluding tert-OH is 1. The van der Waals surface area contributed by atoms with Gasteiger partial charge in [-0.05, 0) is 27.4 Å². The molecule has 236 valence electrons. The summed E-state index contributed by atoms with van der Waals surface area (Å²) in [5, 5.41) is 9.77. The molecule has 0 radical (unpaired) electrons. The highest BCUT2D eigenvalue weighted by Gasteiger charge is 2.15. The molecule has 0 saturated heterocycles. The first-order chi connectivity index (χ1) is 18.9. The predicted octanol–water partition coefficient (Wildman–Crippen LogP) is 11.0. The third-order valence-electron chi connectivity index (χ3n) is 6.57. The van der Waals surface area contributed by atoms with E-state index in [0.717, 1.165) is 17.9 Å². The molecule has 0 aliphatic rings. The van der Waals surface area contributed by atoms with Crippen molar-refractivity contribution in [3.8, 4) is 0 Å². The number of rotatable bonds is 31. The molecule has 0 fully saturated rings. The molecule has 0 heterocycles. The maximum absolute atomic E-state index is 12.2. The van der Waals surface area contributed by atoms with Crippen molar-refractivity contribution >= 4 is 47.7 Å². The monoisotopic (exact) mass is 648 g/mol. The second-order valence-corrected chi connectivity index (χ2v) is 21.1. The van der Waals surface area contributed by atoms with Crippen LogP contribution in [0, 0.1) is 0 Å². The Morgan fingerprint density at radius 1 is 0.641 bits per heavy atom. The fraction of sp³-hybridized carbons (Fsp3) is 1.00. The fourth-order valence-electron chi connectivity index (χ4n) is 4.18. The zero-order valence-corrected chi connectivity index (χ0v) is 29.6. The molecule has 5 nitrogen and oxygen atoms in total. The average Bonchev–Trinajstić information content (AvgIpc) is 2.92. The van der Waals surface area contributed by atoms with Crippen LogP contribution in [0.4, 0.5) is 0 Å². The van der Waals surface area contributed by atoms with Gasteiger partial charge in [0.2, 0.25) is 0 Å². The predicted molar refractivity (Wildman–Crippen MR) is 180 cm³/mol. The lowest BCUT2D eigenvalue weighted by molar-refractivity contribution is 0.0969. The minimum Gasteiger partial charge on any atom is -0.391 e. The van der Waals surface area contributed by atoms with Crippen LogP contribution in [0.25, 0.3) is 0 Å². The van der Waals surface area contributed by atoms with Crippen LogP contribution in [0.5, 0.6) is 0 Å². The van der Waals surface area contributed by atoms with Crippen LogP contribution in [-0.2, 0) is 26.7 Å². The van der Waals surface area contributed by atoms with E-state index in [2.05, 4.69) is 13.8 Å². The molecular weight excluding hydrogens is 588 g/mol. The van der Waals surface area contributed by atoms with Gasteiger partial charge in [-0.3, -0.25) is 0 Å². The van der Waals surface area contributed by atoms with E-state index in [1.54, 1.807) is 0 Å². The van der Waals surface area contributed by atoms with E-state index in [1.807, 2.05) is 28.5 Å². The lowest BCUT2D eigenvalue weighted by Gasteiger charge is -2.10. The largest absolute Gasteiger partial charge is 0.408 e. The topological polar surface area (TPSA) is 72.8 Å². The molecule has 0 amide bonds. The average molecular weight is 649 g/mol. The molecule has 0 aliphatic carbocycles. The van der Waals surface area contributed by atoms with Gasteiger partial charge < -0.3 is 5.11 Å². The van der Waals surface area contributed by atoms with Crippen molar-refractivity contribution in [2.45, 2.75) is 168 Å². The van der Waals surface area contributed by atoms with E-state index in [1.165, 1.54) is 128 Å². The van der Waals surface area contributed by atoms with Gasteiger partial charge in [0.1, 0.15) is 7.58 Å². The molecule has 10 heteroatoms. The third kappa shape index (κ3) is 30.4. The van der Waals surface area contributed by atoms with E-state index in [9.17, 15) is 13.5 Å². The van der Waals surface area contributed by atoms with E-state index in [-0.39, 0.29) is 14.7 Å². The molecule has 0 saturated carbocycles. The van der Waals surface area contributed by atoms with Crippen molar-refractivity contribution in [3.05, 3.63) is 0 Å². The Bertz CT molecular complexity index is 622. The van der Waals surface area contributed by atoms with Gasteiger partial charge in [0.25, 0.3) is 0 Å². The second-order valence-electron chi connectivity index (χ2n) is 10.5. The van der Waals surface area contributed by atoms with Gasteiger partial charge in [-0.15, -0.1) is 0 Å². The highest BCUT2D eigenvalue weighted by molar-refractivity contribution is 9.10. The quantitative estimate of drug-likeness (QED) is 0.0455. The first-order valence-corrected chi connectivity index (χ1v) is 22.9. The van der Waals surface area contributed by atoms with Gasteiger partial charge in [0.05, 0.1) is 12.7 Å². The summed E-state index contributed by atoms with van der Waals surface area (Å²) in [6.45, 7) is 6.23. The summed E-state index contributed by atoms with van der Waals surface area (Å²) < 4.78 is 34.5. The van der Waals surface area contributed by atoms with Gasteiger partial charge in [-0.1, -0.05) is 164 Å². The van der Waals surface area contributed by atoms with Gasteiger partial charge in [-0.25, -0.2) is 4.18 Å². The number of unbranched alkanes of at least 4 members (excludes halogenated alkanes) is 18. The molecule has 0 aliphatic heterocycles. The van der Waals surface area contributed by atoms with Crippen molar-refractivity contribution in [2.75, 3.05) is 18.1 Å². The molecule has 0 spiro atoms. The molecule has 1 N–H and O–H groups in total. The third-order valence-corrected chi connectivity index (χ3v) is 17.3. The zero-order chi connectivity index (χ0) is 28.9. The normalized spacial score (nSPS) is 13.1. The van der Waals surface area contributed by atoms with Crippen molar-refractivity contribution < 1.29 is 21.7 Å². The number of hydrogen-bond donors (Lipinski definition) is 1. The van der Waals surface area contributed by atoms with E-state index in [0.29, 0.717) is 14.0 Å². The molecule has 0 aromatic rings. The molecule has 0 aromatic carbocycles. The zero-order valence-electron chi connectivity index (χ0n) is 25.4. The van der Waals surface area contributed by atoms with Gasteiger partial charge in [-0.2, -0.15) is 12.4 Å². The summed E-state index contributed by atoms with van der Waals surface area (Å²) in [5.74, 6) is 2.08. The van der Waals surface area contributed by atoms with Crippen LogP contribution >= 0.6 is 29.2 Å². The summed E-state index contributed by atoms with van der Waals surface area (Å²) in [4.78, 5) is 0. The Kier molecular flexibility index (Phi) is 31.6. The smallest absolute Gasteiger partial charge is 0.391 e.